The van der Waals surface area contributed by atoms with Gasteiger partial charge in [-0.2, -0.15) is 5.26 Å². The maximum absolute atomic E-state index is 12.2. The third kappa shape index (κ3) is 2.62. The van der Waals surface area contributed by atoms with E-state index >= 15 is 0 Å². The van der Waals surface area contributed by atoms with Crippen molar-refractivity contribution in [2.75, 3.05) is 13.1 Å². The molecule has 0 saturated carbocycles. The lowest BCUT2D eigenvalue weighted by Crippen LogP contribution is -2.38. The van der Waals surface area contributed by atoms with E-state index in [4.69, 9.17) is 16.9 Å². The van der Waals surface area contributed by atoms with Crippen molar-refractivity contribution in [1.82, 2.24) is 9.88 Å². The van der Waals surface area contributed by atoms with Crippen molar-refractivity contribution in [3.05, 3.63) is 28.5 Å². The van der Waals surface area contributed by atoms with Gasteiger partial charge in [-0.05, 0) is 25.8 Å². The third-order valence-corrected chi connectivity index (χ3v) is 3.50. The van der Waals surface area contributed by atoms with Crippen LogP contribution in [0.2, 0.25) is 5.02 Å². The molecule has 0 bridgehead atoms. The van der Waals surface area contributed by atoms with Crippen molar-refractivity contribution in [3.8, 4) is 6.07 Å². The number of halogens is 1. The normalized spacial score (nSPS) is 16.4. The molecule has 4 nitrogen and oxygen atoms in total. The summed E-state index contributed by atoms with van der Waals surface area (Å²) in [6, 6.07) is 3.94. The summed E-state index contributed by atoms with van der Waals surface area (Å²) in [4.78, 5) is 18.1. The first-order valence-corrected chi connectivity index (χ1v) is 6.30. The Kier molecular flexibility index (Phi) is 3.83. The van der Waals surface area contributed by atoms with Gasteiger partial charge in [0.25, 0.3) is 5.91 Å². The minimum absolute atomic E-state index is 0.0701. The molecule has 0 aliphatic carbocycles. The number of piperidine rings is 1. The van der Waals surface area contributed by atoms with E-state index in [0.717, 1.165) is 18.5 Å². The third-order valence-electron chi connectivity index (χ3n) is 3.19. The Bertz CT molecular complexity index is 501. The monoisotopic (exact) mass is 263 g/mol. The zero-order chi connectivity index (χ0) is 13.1. The van der Waals surface area contributed by atoms with Gasteiger partial charge in [-0.25, -0.2) is 0 Å². The number of nitrogens with zero attached hydrogens (tertiary/aromatic N) is 3. The van der Waals surface area contributed by atoms with Gasteiger partial charge >= 0.3 is 0 Å². The molecule has 0 aromatic carbocycles. The van der Waals surface area contributed by atoms with Crippen LogP contribution in [0.25, 0.3) is 0 Å². The second-order valence-electron chi connectivity index (χ2n) is 4.50. The van der Waals surface area contributed by atoms with Crippen LogP contribution in [-0.4, -0.2) is 28.9 Å². The van der Waals surface area contributed by atoms with Crippen molar-refractivity contribution < 1.29 is 4.79 Å². The topological polar surface area (TPSA) is 57.0 Å². The molecular weight excluding hydrogens is 250 g/mol. The zero-order valence-corrected chi connectivity index (χ0v) is 10.9. The molecule has 1 aliphatic rings. The number of aromatic nitrogens is 1. The highest BCUT2D eigenvalue weighted by Crippen LogP contribution is 2.22. The first-order valence-electron chi connectivity index (χ1n) is 5.93. The molecule has 2 rings (SSSR count). The SMILES string of the molecule is Cc1cc(Cl)c(C(=O)N2CCC(C#N)CC2)cn1. The smallest absolute Gasteiger partial charge is 0.256 e. The average molecular weight is 264 g/mol. The van der Waals surface area contributed by atoms with Crippen molar-refractivity contribution in [1.29, 1.82) is 5.26 Å². The van der Waals surface area contributed by atoms with Crippen LogP contribution in [0, 0.1) is 24.2 Å². The summed E-state index contributed by atoms with van der Waals surface area (Å²) >= 11 is 6.06. The quantitative estimate of drug-likeness (QED) is 0.782. The van der Waals surface area contributed by atoms with Crippen LogP contribution in [0.5, 0.6) is 0 Å². The fraction of sp³-hybridized carbons (Fsp3) is 0.462. The van der Waals surface area contributed by atoms with Gasteiger partial charge in [0.15, 0.2) is 0 Å². The second-order valence-corrected chi connectivity index (χ2v) is 4.91. The number of likely N-dealkylation sites (tertiary alicyclic amines) is 1. The van der Waals surface area contributed by atoms with Crippen LogP contribution in [-0.2, 0) is 0 Å². The molecule has 94 valence electrons. The Morgan fingerprint density at radius 1 is 1.56 bits per heavy atom. The number of carbonyl (C=O) groups is 1. The van der Waals surface area contributed by atoms with Crippen LogP contribution in [0.1, 0.15) is 28.9 Å². The Morgan fingerprint density at radius 2 is 2.22 bits per heavy atom. The van der Waals surface area contributed by atoms with Gasteiger partial charge in [-0.3, -0.25) is 9.78 Å². The van der Waals surface area contributed by atoms with Gasteiger partial charge in [-0.15, -0.1) is 0 Å². The van der Waals surface area contributed by atoms with Crippen LogP contribution in [0.3, 0.4) is 0 Å². The molecule has 0 N–H and O–H groups in total. The van der Waals surface area contributed by atoms with Gasteiger partial charge in [0, 0.05) is 30.9 Å². The molecule has 18 heavy (non-hydrogen) atoms. The van der Waals surface area contributed by atoms with Gasteiger partial charge < -0.3 is 4.90 Å². The molecule has 1 aromatic rings. The molecule has 0 spiro atoms. The van der Waals surface area contributed by atoms with E-state index < -0.39 is 0 Å². The number of carbonyl (C=O) groups excluding carboxylic acids is 1. The predicted molar refractivity (Wildman–Crippen MR) is 68.2 cm³/mol. The summed E-state index contributed by atoms with van der Waals surface area (Å²) in [7, 11) is 0. The summed E-state index contributed by atoms with van der Waals surface area (Å²) in [5.74, 6) is -0.0236. The molecule has 1 amide bonds. The van der Waals surface area contributed by atoms with Crippen molar-refractivity contribution in [2.45, 2.75) is 19.8 Å². The molecule has 0 atom stereocenters. The molecule has 1 saturated heterocycles. The van der Waals surface area contributed by atoms with Gasteiger partial charge in [0.05, 0.1) is 16.7 Å². The summed E-state index contributed by atoms with van der Waals surface area (Å²) in [6.07, 6.45) is 2.99. The predicted octanol–water partition coefficient (Wildman–Crippen LogP) is 2.42. The number of aryl methyl sites for hydroxylation is 1. The largest absolute Gasteiger partial charge is 0.338 e. The van der Waals surface area contributed by atoms with Gasteiger partial charge in [0.1, 0.15) is 0 Å². The van der Waals surface area contributed by atoms with Crippen LogP contribution < -0.4 is 0 Å². The number of hydrogen-bond donors (Lipinski definition) is 0. The fourth-order valence-electron chi connectivity index (χ4n) is 2.07. The first-order chi connectivity index (χ1) is 8.61. The Hall–Kier alpha value is -1.60. The average Bonchev–Trinajstić information content (AvgIpc) is 2.38. The maximum Gasteiger partial charge on any atom is 0.256 e. The summed E-state index contributed by atoms with van der Waals surface area (Å²) in [5, 5.41) is 9.26. The molecule has 1 fully saturated rings. The van der Waals surface area contributed by atoms with E-state index in [-0.39, 0.29) is 11.8 Å². The number of amides is 1. The van der Waals surface area contributed by atoms with Crippen LogP contribution >= 0.6 is 11.6 Å². The van der Waals surface area contributed by atoms with Crippen molar-refractivity contribution in [3.63, 3.8) is 0 Å². The lowest BCUT2D eigenvalue weighted by Gasteiger charge is -2.29. The lowest BCUT2D eigenvalue weighted by molar-refractivity contribution is 0.0707. The standard InChI is InChI=1S/C13H14ClN3O/c1-9-6-12(14)11(8-16-9)13(18)17-4-2-10(7-15)3-5-17/h6,8,10H,2-5H2,1H3. The Balaban J connectivity index is 2.11. The lowest BCUT2D eigenvalue weighted by atomic mass is 9.98. The maximum atomic E-state index is 12.2. The highest BCUT2D eigenvalue weighted by atomic mass is 35.5. The minimum Gasteiger partial charge on any atom is -0.338 e. The van der Waals surface area contributed by atoms with Gasteiger partial charge in [-0.1, -0.05) is 11.6 Å². The molecule has 2 heterocycles. The molecule has 1 aliphatic heterocycles. The second kappa shape index (κ2) is 5.36. The summed E-state index contributed by atoms with van der Waals surface area (Å²) in [5.41, 5.74) is 1.23. The van der Waals surface area contributed by atoms with E-state index in [2.05, 4.69) is 11.1 Å². The summed E-state index contributed by atoms with van der Waals surface area (Å²) in [6.45, 7) is 3.06. The van der Waals surface area contributed by atoms with Crippen LogP contribution in [0.15, 0.2) is 12.3 Å². The van der Waals surface area contributed by atoms with E-state index in [1.54, 1.807) is 11.0 Å². The van der Waals surface area contributed by atoms with Crippen molar-refractivity contribution in [2.24, 2.45) is 5.92 Å². The van der Waals surface area contributed by atoms with E-state index in [0.29, 0.717) is 23.7 Å². The Morgan fingerprint density at radius 3 is 2.78 bits per heavy atom. The molecule has 0 radical (unpaired) electrons. The van der Waals surface area contributed by atoms with Gasteiger partial charge in [0.2, 0.25) is 0 Å². The highest BCUT2D eigenvalue weighted by molar-refractivity contribution is 6.33. The molecule has 5 heteroatoms. The molecule has 0 unspecified atom stereocenters. The van der Waals surface area contributed by atoms with Crippen molar-refractivity contribution >= 4 is 17.5 Å². The number of hydrogen-bond acceptors (Lipinski definition) is 3. The number of pyridine rings is 1. The number of rotatable bonds is 1. The number of nitriles is 1. The first kappa shape index (κ1) is 12.8. The van der Waals surface area contributed by atoms with Crippen LogP contribution in [0.4, 0.5) is 0 Å². The van der Waals surface area contributed by atoms with E-state index in [1.165, 1.54) is 6.20 Å². The zero-order valence-electron chi connectivity index (χ0n) is 10.2. The molecule has 1 aromatic heterocycles. The Labute approximate surface area is 111 Å². The summed E-state index contributed by atoms with van der Waals surface area (Å²) < 4.78 is 0. The highest BCUT2D eigenvalue weighted by Gasteiger charge is 2.24. The molecular formula is C13H14ClN3O. The van der Waals surface area contributed by atoms with E-state index in [9.17, 15) is 4.79 Å². The fourth-order valence-corrected chi connectivity index (χ4v) is 2.35. The minimum atomic E-state index is -0.0936. The van der Waals surface area contributed by atoms with E-state index in [1.807, 2.05) is 6.92 Å².